The summed E-state index contributed by atoms with van der Waals surface area (Å²) in [5.41, 5.74) is -0.0208. The molecule has 3 nitrogen and oxygen atoms in total. The molecule has 2 rings (SSSR count). The molecule has 0 bridgehead atoms. The van der Waals surface area contributed by atoms with E-state index < -0.39 is 0 Å². The van der Waals surface area contributed by atoms with E-state index in [1.54, 1.807) is 4.57 Å². The van der Waals surface area contributed by atoms with Gasteiger partial charge >= 0.3 is 0 Å². The van der Waals surface area contributed by atoms with Crippen molar-refractivity contribution in [2.45, 2.75) is 19.4 Å². The molecule has 0 amide bonds. The van der Waals surface area contributed by atoms with Crippen molar-refractivity contribution in [3.05, 3.63) is 25.4 Å². The molecule has 0 aromatic carbocycles. The van der Waals surface area contributed by atoms with Crippen LogP contribution in [0.5, 0.6) is 0 Å². The lowest BCUT2D eigenvalue weighted by Gasteiger charge is -2.03. The van der Waals surface area contributed by atoms with Crippen LogP contribution < -0.4 is 5.56 Å². The lowest BCUT2D eigenvalue weighted by Crippen LogP contribution is -2.23. The van der Waals surface area contributed by atoms with Gasteiger partial charge in [0.1, 0.15) is 8.72 Å². The normalized spacial score (nSPS) is 16.2. The van der Waals surface area contributed by atoms with Crippen LogP contribution in [0.15, 0.2) is 11.1 Å². The van der Waals surface area contributed by atoms with Gasteiger partial charge in [-0.3, -0.25) is 9.36 Å². The summed E-state index contributed by atoms with van der Waals surface area (Å²) >= 11 is 7.64. The molecule has 0 radical (unpaired) electrons. The first-order valence-electron chi connectivity index (χ1n) is 4.09. The maximum Gasteiger partial charge on any atom is 0.268 e. The van der Waals surface area contributed by atoms with Gasteiger partial charge in [-0.05, 0) is 41.4 Å². The van der Waals surface area contributed by atoms with E-state index in [1.807, 2.05) is 22.6 Å². The molecule has 1 aromatic rings. The molecule has 0 atom stereocenters. The Hall–Kier alpha value is -0.100. The van der Waals surface area contributed by atoms with Crippen molar-refractivity contribution < 1.29 is 0 Å². The van der Waals surface area contributed by atoms with Gasteiger partial charge in [0, 0.05) is 6.54 Å². The molecule has 5 heteroatoms. The van der Waals surface area contributed by atoms with Crippen LogP contribution in [-0.4, -0.2) is 9.55 Å². The molecule has 1 saturated carbocycles. The van der Waals surface area contributed by atoms with Gasteiger partial charge in [-0.15, -0.1) is 0 Å². The summed E-state index contributed by atoms with van der Waals surface area (Å²) in [4.78, 5) is 15.5. The topological polar surface area (TPSA) is 34.9 Å². The zero-order valence-electron chi connectivity index (χ0n) is 6.83. The summed E-state index contributed by atoms with van der Waals surface area (Å²) in [6, 6.07) is 0. The summed E-state index contributed by atoms with van der Waals surface area (Å²) < 4.78 is 2.16. The van der Waals surface area contributed by atoms with E-state index in [4.69, 9.17) is 11.6 Å². The van der Waals surface area contributed by atoms with E-state index in [2.05, 4.69) is 4.98 Å². The predicted octanol–water partition coefficient (Wildman–Crippen LogP) is 1.91. The molecule has 1 aliphatic rings. The minimum Gasteiger partial charge on any atom is -0.298 e. The van der Waals surface area contributed by atoms with Gasteiger partial charge in [-0.2, -0.15) is 0 Å². The molecule has 1 heterocycles. The second-order valence-electron chi connectivity index (χ2n) is 3.25. The third-order valence-corrected chi connectivity index (χ3v) is 3.67. The van der Waals surface area contributed by atoms with Crippen LogP contribution in [0.2, 0.25) is 5.15 Å². The van der Waals surface area contributed by atoms with E-state index in [-0.39, 0.29) is 5.56 Å². The number of rotatable bonds is 2. The standard InChI is InChI=1S/C8H8ClIN2O/c9-7-6(10)8(13)12(4-11-7)3-5-1-2-5/h4-5H,1-3H2. The monoisotopic (exact) mass is 310 g/mol. The zero-order valence-corrected chi connectivity index (χ0v) is 9.75. The Morgan fingerprint density at radius 2 is 2.38 bits per heavy atom. The van der Waals surface area contributed by atoms with E-state index in [1.165, 1.54) is 19.2 Å². The second kappa shape index (κ2) is 3.57. The number of nitrogens with zero attached hydrogens (tertiary/aromatic N) is 2. The molecule has 0 N–H and O–H groups in total. The smallest absolute Gasteiger partial charge is 0.268 e. The molecule has 0 saturated heterocycles. The van der Waals surface area contributed by atoms with E-state index in [9.17, 15) is 4.79 Å². The van der Waals surface area contributed by atoms with Crippen LogP contribution in [0.3, 0.4) is 0 Å². The molecule has 1 fully saturated rings. The SMILES string of the molecule is O=c1c(I)c(Cl)ncn1CC1CC1. The van der Waals surface area contributed by atoms with Crippen molar-refractivity contribution in [3.8, 4) is 0 Å². The Labute approximate surface area is 94.3 Å². The Bertz CT molecular complexity index is 386. The molecule has 13 heavy (non-hydrogen) atoms. The van der Waals surface area contributed by atoms with E-state index in [0.29, 0.717) is 14.6 Å². The predicted molar refractivity (Wildman–Crippen MR) is 58.9 cm³/mol. The Balaban J connectivity index is 2.35. The molecule has 0 aliphatic heterocycles. The molecular formula is C8H8ClIN2O. The van der Waals surface area contributed by atoms with Crippen molar-refractivity contribution in [2.24, 2.45) is 5.92 Å². The van der Waals surface area contributed by atoms with Crippen LogP contribution in [0.4, 0.5) is 0 Å². The van der Waals surface area contributed by atoms with Gasteiger partial charge in [0.2, 0.25) is 0 Å². The van der Waals surface area contributed by atoms with Crippen LogP contribution in [0.25, 0.3) is 0 Å². The average Bonchev–Trinajstić information content (AvgIpc) is 2.90. The highest BCUT2D eigenvalue weighted by atomic mass is 127. The molecule has 1 aliphatic carbocycles. The largest absolute Gasteiger partial charge is 0.298 e. The van der Waals surface area contributed by atoms with Gasteiger partial charge < -0.3 is 0 Å². The van der Waals surface area contributed by atoms with E-state index >= 15 is 0 Å². The highest BCUT2D eigenvalue weighted by molar-refractivity contribution is 14.1. The third-order valence-electron chi connectivity index (χ3n) is 2.09. The molecule has 0 unspecified atom stereocenters. The minimum atomic E-state index is -0.0208. The Morgan fingerprint density at radius 3 is 3.00 bits per heavy atom. The molecule has 1 aromatic heterocycles. The van der Waals surface area contributed by atoms with Gasteiger partial charge in [-0.25, -0.2) is 4.98 Å². The molecule has 70 valence electrons. The first-order valence-corrected chi connectivity index (χ1v) is 5.54. The highest BCUT2D eigenvalue weighted by Gasteiger charge is 2.22. The summed E-state index contributed by atoms with van der Waals surface area (Å²) in [6.45, 7) is 0.791. The number of hydrogen-bond acceptors (Lipinski definition) is 2. The van der Waals surface area contributed by atoms with Crippen molar-refractivity contribution in [1.29, 1.82) is 0 Å². The molecular weight excluding hydrogens is 302 g/mol. The Kier molecular flexibility index (Phi) is 2.60. The van der Waals surface area contributed by atoms with Crippen LogP contribution in [0.1, 0.15) is 12.8 Å². The van der Waals surface area contributed by atoms with Crippen LogP contribution in [0, 0.1) is 9.49 Å². The van der Waals surface area contributed by atoms with Gasteiger partial charge in [0.15, 0.2) is 0 Å². The summed E-state index contributed by atoms with van der Waals surface area (Å²) in [5.74, 6) is 0.677. The second-order valence-corrected chi connectivity index (χ2v) is 4.69. The van der Waals surface area contributed by atoms with Gasteiger partial charge in [0.25, 0.3) is 5.56 Å². The zero-order chi connectivity index (χ0) is 9.42. The van der Waals surface area contributed by atoms with Crippen molar-refractivity contribution in [3.63, 3.8) is 0 Å². The number of aromatic nitrogens is 2. The minimum absolute atomic E-state index is 0.0208. The van der Waals surface area contributed by atoms with Crippen molar-refractivity contribution >= 4 is 34.2 Å². The van der Waals surface area contributed by atoms with E-state index in [0.717, 1.165) is 6.54 Å². The highest BCUT2D eigenvalue weighted by Crippen LogP contribution is 2.30. The van der Waals surface area contributed by atoms with Crippen LogP contribution in [-0.2, 0) is 6.54 Å². The van der Waals surface area contributed by atoms with Gasteiger partial charge in [0.05, 0.1) is 6.33 Å². The lowest BCUT2D eigenvalue weighted by atomic mass is 10.4. The summed E-state index contributed by atoms with van der Waals surface area (Å²) in [6.07, 6.45) is 3.99. The fourth-order valence-electron chi connectivity index (χ4n) is 1.15. The average molecular weight is 311 g/mol. The van der Waals surface area contributed by atoms with Crippen molar-refractivity contribution in [2.75, 3.05) is 0 Å². The maximum absolute atomic E-state index is 11.6. The fraction of sp³-hybridized carbons (Fsp3) is 0.500. The van der Waals surface area contributed by atoms with Crippen molar-refractivity contribution in [1.82, 2.24) is 9.55 Å². The molecule has 0 spiro atoms. The van der Waals surface area contributed by atoms with Crippen LogP contribution >= 0.6 is 34.2 Å². The maximum atomic E-state index is 11.6. The third kappa shape index (κ3) is 2.04. The summed E-state index contributed by atoms with van der Waals surface area (Å²) in [7, 11) is 0. The summed E-state index contributed by atoms with van der Waals surface area (Å²) in [5, 5.41) is 0.303. The quantitative estimate of drug-likeness (QED) is 0.618. The Morgan fingerprint density at radius 1 is 1.69 bits per heavy atom. The fourth-order valence-corrected chi connectivity index (χ4v) is 1.73. The number of halogens is 2. The van der Waals surface area contributed by atoms with Gasteiger partial charge in [-0.1, -0.05) is 11.6 Å². The first-order chi connectivity index (χ1) is 6.18. The number of hydrogen-bond donors (Lipinski definition) is 0. The first kappa shape index (κ1) is 9.45. The lowest BCUT2D eigenvalue weighted by molar-refractivity contribution is 0.593.